The van der Waals surface area contributed by atoms with Gasteiger partial charge in [-0.25, -0.2) is 4.68 Å². The van der Waals surface area contributed by atoms with E-state index in [0.29, 0.717) is 0 Å². The number of carbonyl (C=O) groups is 1. The Morgan fingerprint density at radius 1 is 1.53 bits per heavy atom. The molecule has 1 unspecified atom stereocenters. The maximum Gasteiger partial charge on any atom is 0.305 e. The first kappa shape index (κ1) is 13.7. The van der Waals surface area contributed by atoms with E-state index in [-0.39, 0.29) is 12.5 Å². The van der Waals surface area contributed by atoms with Gasteiger partial charge in [-0.2, -0.15) is 0 Å². The predicted molar refractivity (Wildman–Crippen MR) is 71.1 cm³/mol. The average Bonchev–Trinajstić information content (AvgIpc) is 2.98. The van der Waals surface area contributed by atoms with Crippen LogP contribution in [0.1, 0.15) is 36.5 Å². The van der Waals surface area contributed by atoms with Crippen molar-refractivity contribution < 1.29 is 9.90 Å². The van der Waals surface area contributed by atoms with Crippen LogP contribution in [0.4, 0.5) is 0 Å². The molecule has 0 radical (unpaired) electrons. The lowest BCUT2D eigenvalue weighted by atomic mass is 10.2. The molecule has 0 aliphatic rings. The number of hydrogen-bond acceptors (Lipinski definition) is 5. The zero-order valence-corrected chi connectivity index (χ0v) is 11.5. The van der Waals surface area contributed by atoms with Crippen LogP contribution in [0.5, 0.6) is 0 Å². The Labute approximate surface area is 115 Å². The average molecular weight is 280 g/mol. The quantitative estimate of drug-likeness (QED) is 0.838. The minimum Gasteiger partial charge on any atom is -0.481 e. The molecule has 0 aromatic carbocycles. The Balaban J connectivity index is 1.90. The highest BCUT2D eigenvalue weighted by Gasteiger charge is 2.15. The summed E-state index contributed by atoms with van der Waals surface area (Å²) >= 11 is 1.74. The first-order valence-corrected chi connectivity index (χ1v) is 7.05. The molecule has 0 bridgehead atoms. The number of aliphatic carboxylic acids is 1. The fraction of sp³-hybridized carbons (Fsp3) is 0.500. The maximum atomic E-state index is 10.7. The second-order valence-corrected chi connectivity index (χ2v) is 5.45. The number of thiophene rings is 1. The lowest BCUT2D eigenvalue weighted by Crippen LogP contribution is -2.15. The molecular weight excluding hydrogens is 264 g/mol. The Morgan fingerprint density at radius 3 is 3.05 bits per heavy atom. The van der Waals surface area contributed by atoms with Gasteiger partial charge in [-0.1, -0.05) is 6.07 Å². The van der Waals surface area contributed by atoms with Crippen LogP contribution in [0.15, 0.2) is 17.5 Å². The second kappa shape index (κ2) is 6.42. The number of hydrogen-bond donors (Lipinski definition) is 1. The third kappa shape index (κ3) is 3.85. The van der Waals surface area contributed by atoms with Gasteiger partial charge in [0.1, 0.15) is 0 Å². The number of aromatic nitrogens is 4. The number of aryl methyl sites for hydroxylation is 2. The molecule has 6 nitrogen and oxygen atoms in total. The second-order valence-electron chi connectivity index (χ2n) is 4.42. The minimum absolute atomic E-state index is 0.0307. The number of rotatable bonds is 7. The minimum atomic E-state index is -0.840. The van der Waals surface area contributed by atoms with E-state index in [1.807, 2.05) is 13.0 Å². The van der Waals surface area contributed by atoms with Crippen molar-refractivity contribution in [1.29, 1.82) is 0 Å². The van der Waals surface area contributed by atoms with Gasteiger partial charge < -0.3 is 5.11 Å². The van der Waals surface area contributed by atoms with Crippen LogP contribution in [0.3, 0.4) is 0 Å². The summed E-state index contributed by atoms with van der Waals surface area (Å²) in [5.74, 6) is -0.0853. The summed E-state index contributed by atoms with van der Waals surface area (Å²) in [6.45, 7) is 1.81. The van der Waals surface area contributed by atoms with Gasteiger partial charge in [-0.15, -0.1) is 16.4 Å². The van der Waals surface area contributed by atoms with Crippen LogP contribution in [0.2, 0.25) is 0 Å². The van der Waals surface area contributed by atoms with Gasteiger partial charge in [-0.05, 0) is 41.6 Å². The molecule has 0 saturated heterocycles. The van der Waals surface area contributed by atoms with Crippen molar-refractivity contribution in [3.63, 3.8) is 0 Å². The van der Waals surface area contributed by atoms with Crippen LogP contribution < -0.4 is 0 Å². The summed E-state index contributed by atoms with van der Waals surface area (Å²) in [6.07, 6.45) is 2.75. The van der Waals surface area contributed by atoms with Gasteiger partial charge in [-0.3, -0.25) is 4.79 Å². The van der Waals surface area contributed by atoms with E-state index >= 15 is 0 Å². The van der Waals surface area contributed by atoms with Gasteiger partial charge in [0, 0.05) is 11.3 Å². The Hall–Kier alpha value is -1.76. The third-order valence-corrected chi connectivity index (χ3v) is 3.79. The number of nitrogens with zero attached hydrogens (tertiary/aromatic N) is 4. The highest BCUT2D eigenvalue weighted by Crippen LogP contribution is 2.15. The summed E-state index contributed by atoms with van der Waals surface area (Å²) in [4.78, 5) is 12.1. The molecule has 0 aliphatic carbocycles. The summed E-state index contributed by atoms with van der Waals surface area (Å²) in [6, 6.07) is 3.93. The summed E-state index contributed by atoms with van der Waals surface area (Å²) in [5.41, 5.74) is 0. The molecule has 2 aromatic heterocycles. The van der Waals surface area contributed by atoms with Gasteiger partial charge in [0.05, 0.1) is 12.5 Å². The molecule has 7 heteroatoms. The topological polar surface area (TPSA) is 80.9 Å². The SMILES string of the molecule is CC(CC(=O)O)n1nnnc1CCCc1cccs1. The van der Waals surface area contributed by atoms with E-state index < -0.39 is 5.97 Å². The van der Waals surface area contributed by atoms with E-state index in [1.54, 1.807) is 16.0 Å². The standard InChI is InChI=1S/C12H16N4O2S/c1-9(8-12(17)18)16-11(13-14-15-16)6-2-4-10-5-3-7-19-10/h3,5,7,9H,2,4,6,8H2,1H3,(H,17,18). The molecule has 0 saturated carbocycles. The first-order valence-electron chi connectivity index (χ1n) is 6.17. The molecule has 0 amide bonds. The zero-order chi connectivity index (χ0) is 13.7. The van der Waals surface area contributed by atoms with Gasteiger partial charge in [0.2, 0.25) is 0 Å². The molecule has 0 fully saturated rings. The van der Waals surface area contributed by atoms with E-state index in [9.17, 15) is 4.79 Å². The van der Waals surface area contributed by atoms with E-state index in [4.69, 9.17) is 5.11 Å². The normalized spacial score (nSPS) is 12.5. The predicted octanol–water partition coefficient (Wildman–Crippen LogP) is 1.95. The highest BCUT2D eigenvalue weighted by atomic mass is 32.1. The molecular formula is C12H16N4O2S. The molecule has 1 atom stereocenters. The van der Waals surface area contributed by atoms with E-state index in [1.165, 1.54) is 4.88 Å². The van der Waals surface area contributed by atoms with Crippen molar-refractivity contribution in [3.8, 4) is 0 Å². The van der Waals surface area contributed by atoms with Crippen LogP contribution in [-0.2, 0) is 17.6 Å². The number of carboxylic acids is 1. The monoisotopic (exact) mass is 280 g/mol. The molecule has 2 rings (SSSR count). The lowest BCUT2D eigenvalue weighted by molar-refractivity contribution is -0.137. The van der Waals surface area contributed by atoms with Crippen LogP contribution in [0.25, 0.3) is 0 Å². The maximum absolute atomic E-state index is 10.7. The number of carboxylic acid groups (broad SMARTS) is 1. The fourth-order valence-electron chi connectivity index (χ4n) is 1.93. The molecule has 0 spiro atoms. The highest BCUT2D eigenvalue weighted by molar-refractivity contribution is 7.09. The zero-order valence-electron chi connectivity index (χ0n) is 10.7. The van der Waals surface area contributed by atoms with Crippen LogP contribution in [0, 0.1) is 0 Å². The van der Waals surface area contributed by atoms with E-state index in [2.05, 4.69) is 27.0 Å². The lowest BCUT2D eigenvalue weighted by Gasteiger charge is -2.10. The Bertz CT molecular complexity index is 524. The van der Waals surface area contributed by atoms with Crippen molar-refractivity contribution >= 4 is 17.3 Å². The van der Waals surface area contributed by atoms with Gasteiger partial charge in [0.25, 0.3) is 0 Å². The smallest absolute Gasteiger partial charge is 0.305 e. The Kier molecular flexibility index (Phi) is 4.62. The number of tetrazole rings is 1. The van der Waals surface area contributed by atoms with Crippen molar-refractivity contribution in [3.05, 3.63) is 28.2 Å². The van der Waals surface area contributed by atoms with Gasteiger partial charge >= 0.3 is 5.97 Å². The molecule has 1 N–H and O–H groups in total. The van der Waals surface area contributed by atoms with Crippen molar-refractivity contribution in [1.82, 2.24) is 20.2 Å². The molecule has 2 aromatic rings. The summed E-state index contributed by atoms with van der Waals surface area (Å²) in [7, 11) is 0. The van der Waals surface area contributed by atoms with Crippen molar-refractivity contribution in [2.45, 2.75) is 38.6 Å². The van der Waals surface area contributed by atoms with Crippen LogP contribution in [-0.4, -0.2) is 31.3 Å². The molecule has 19 heavy (non-hydrogen) atoms. The van der Waals surface area contributed by atoms with Crippen molar-refractivity contribution in [2.75, 3.05) is 0 Å². The summed E-state index contributed by atoms with van der Waals surface area (Å²) < 4.78 is 1.61. The molecule has 102 valence electrons. The molecule has 0 aliphatic heterocycles. The van der Waals surface area contributed by atoms with Gasteiger partial charge in [0.15, 0.2) is 5.82 Å². The summed E-state index contributed by atoms with van der Waals surface area (Å²) in [5, 5.41) is 22.4. The van der Waals surface area contributed by atoms with Crippen LogP contribution >= 0.6 is 11.3 Å². The largest absolute Gasteiger partial charge is 0.481 e. The fourth-order valence-corrected chi connectivity index (χ4v) is 2.69. The first-order chi connectivity index (χ1) is 9.16. The van der Waals surface area contributed by atoms with Crippen molar-refractivity contribution in [2.24, 2.45) is 0 Å². The third-order valence-electron chi connectivity index (χ3n) is 2.85. The Morgan fingerprint density at radius 2 is 2.37 bits per heavy atom. The molecule has 2 heterocycles. The van der Waals surface area contributed by atoms with E-state index in [0.717, 1.165) is 25.1 Å².